The van der Waals surface area contributed by atoms with E-state index in [4.69, 9.17) is 22.1 Å². The molecular weight excluding hydrogens is 270 g/mol. The first-order chi connectivity index (χ1) is 9.10. The Morgan fingerprint density at radius 3 is 3.05 bits per heavy atom. The molecule has 19 heavy (non-hydrogen) atoms. The van der Waals surface area contributed by atoms with Crippen LogP contribution in [0.3, 0.4) is 0 Å². The van der Waals surface area contributed by atoms with E-state index in [1.54, 1.807) is 12.1 Å². The Balaban J connectivity index is 2.14. The highest BCUT2D eigenvalue weighted by Gasteiger charge is 2.18. The van der Waals surface area contributed by atoms with Crippen LogP contribution in [0.4, 0.5) is 11.4 Å². The normalized spacial score (nSPS) is 13.3. The molecule has 2 amide bonds. The number of anilines is 2. The van der Waals surface area contributed by atoms with Crippen LogP contribution in [0.1, 0.15) is 12.8 Å². The summed E-state index contributed by atoms with van der Waals surface area (Å²) in [5, 5.41) is 5.66. The first kappa shape index (κ1) is 13.6. The third-order valence-corrected chi connectivity index (χ3v) is 2.90. The highest BCUT2D eigenvalue weighted by atomic mass is 35.5. The van der Waals surface area contributed by atoms with E-state index >= 15 is 0 Å². The van der Waals surface area contributed by atoms with Crippen molar-refractivity contribution in [3.8, 4) is 5.75 Å². The molecule has 0 fully saturated rings. The van der Waals surface area contributed by atoms with E-state index < -0.39 is 0 Å². The zero-order valence-electron chi connectivity index (χ0n) is 10.2. The molecule has 0 bridgehead atoms. The molecule has 1 heterocycles. The number of ether oxygens (including phenoxy) is 1. The maximum absolute atomic E-state index is 11.6. The maximum Gasteiger partial charge on any atom is 0.262 e. The van der Waals surface area contributed by atoms with Crippen LogP contribution in [0, 0.1) is 0 Å². The lowest BCUT2D eigenvalue weighted by Gasteiger charge is -2.19. The molecule has 1 aromatic carbocycles. The smallest absolute Gasteiger partial charge is 0.262 e. The molecule has 0 aromatic heterocycles. The van der Waals surface area contributed by atoms with E-state index in [0.29, 0.717) is 41.5 Å². The Labute approximate surface area is 115 Å². The van der Waals surface area contributed by atoms with Gasteiger partial charge in [-0.1, -0.05) is 11.6 Å². The quantitative estimate of drug-likeness (QED) is 0.777. The Morgan fingerprint density at radius 1 is 1.53 bits per heavy atom. The first-order valence-corrected chi connectivity index (χ1v) is 6.24. The van der Waals surface area contributed by atoms with E-state index in [9.17, 15) is 9.59 Å². The van der Waals surface area contributed by atoms with Crippen LogP contribution >= 0.6 is 11.6 Å². The molecule has 102 valence electrons. The lowest BCUT2D eigenvalue weighted by atomic mass is 10.2. The number of nitrogens with one attached hydrogen (secondary N) is 2. The van der Waals surface area contributed by atoms with Gasteiger partial charge in [0.2, 0.25) is 5.91 Å². The average molecular weight is 284 g/mol. The summed E-state index contributed by atoms with van der Waals surface area (Å²) in [6.07, 6.45) is 0.947. The van der Waals surface area contributed by atoms with Crippen molar-refractivity contribution in [2.45, 2.75) is 12.8 Å². The minimum absolute atomic E-state index is 0.0464. The second kappa shape index (κ2) is 5.90. The standard InChI is InChI=1S/C12H14ClN3O3/c13-7-4-9-10(19-6-12(18)16-9)5-8(7)15-11(17)2-1-3-14/h4-5H,1-3,6,14H2,(H,15,17)(H,16,18). The number of benzene rings is 1. The Bertz CT molecular complexity index is 519. The molecule has 6 nitrogen and oxygen atoms in total. The van der Waals surface area contributed by atoms with Crippen molar-refractivity contribution in [1.29, 1.82) is 0 Å². The van der Waals surface area contributed by atoms with Crippen LogP contribution in [0.25, 0.3) is 0 Å². The van der Waals surface area contributed by atoms with Gasteiger partial charge in [-0.3, -0.25) is 9.59 Å². The highest BCUT2D eigenvalue weighted by Crippen LogP contribution is 2.36. The van der Waals surface area contributed by atoms with Gasteiger partial charge in [-0.15, -0.1) is 0 Å². The number of amides is 2. The number of carbonyl (C=O) groups is 2. The van der Waals surface area contributed by atoms with Gasteiger partial charge in [0.1, 0.15) is 5.75 Å². The molecule has 0 saturated heterocycles. The van der Waals surface area contributed by atoms with E-state index in [1.807, 2.05) is 0 Å². The monoisotopic (exact) mass is 283 g/mol. The summed E-state index contributed by atoms with van der Waals surface area (Å²) in [6, 6.07) is 3.14. The van der Waals surface area contributed by atoms with Crippen molar-refractivity contribution in [2.24, 2.45) is 5.73 Å². The lowest BCUT2D eigenvalue weighted by Crippen LogP contribution is -2.25. The van der Waals surface area contributed by atoms with Gasteiger partial charge in [0.15, 0.2) is 6.61 Å². The molecular formula is C12H14ClN3O3. The Morgan fingerprint density at radius 2 is 2.32 bits per heavy atom. The molecule has 1 aromatic rings. The molecule has 0 atom stereocenters. The minimum atomic E-state index is -0.233. The van der Waals surface area contributed by atoms with Crippen molar-refractivity contribution < 1.29 is 14.3 Å². The van der Waals surface area contributed by atoms with Crippen LogP contribution in [-0.2, 0) is 9.59 Å². The van der Waals surface area contributed by atoms with Gasteiger partial charge in [-0.2, -0.15) is 0 Å². The van der Waals surface area contributed by atoms with Gasteiger partial charge >= 0.3 is 0 Å². The van der Waals surface area contributed by atoms with Crippen molar-refractivity contribution in [3.63, 3.8) is 0 Å². The van der Waals surface area contributed by atoms with Crippen molar-refractivity contribution >= 4 is 34.8 Å². The molecule has 0 spiro atoms. The summed E-state index contributed by atoms with van der Waals surface area (Å²) in [5.41, 5.74) is 6.30. The van der Waals surface area contributed by atoms with Gasteiger partial charge in [0, 0.05) is 12.5 Å². The topological polar surface area (TPSA) is 93.5 Å². The number of nitrogens with two attached hydrogens (primary N) is 1. The summed E-state index contributed by atoms with van der Waals surface area (Å²) in [6.45, 7) is 0.412. The van der Waals surface area contributed by atoms with Gasteiger partial charge in [0.05, 0.1) is 16.4 Å². The van der Waals surface area contributed by atoms with Crippen LogP contribution in [-0.4, -0.2) is 25.0 Å². The summed E-state index contributed by atoms with van der Waals surface area (Å²) < 4.78 is 5.25. The highest BCUT2D eigenvalue weighted by molar-refractivity contribution is 6.34. The Hall–Kier alpha value is -1.79. The molecule has 7 heteroatoms. The van der Waals surface area contributed by atoms with E-state index in [1.165, 1.54) is 0 Å². The fourth-order valence-corrected chi connectivity index (χ4v) is 1.88. The molecule has 2 rings (SSSR count). The molecule has 4 N–H and O–H groups in total. The SMILES string of the molecule is NCCCC(=O)Nc1cc2c(cc1Cl)NC(=O)CO2. The zero-order valence-corrected chi connectivity index (χ0v) is 10.9. The molecule has 0 radical (unpaired) electrons. The van der Waals surface area contributed by atoms with Crippen LogP contribution < -0.4 is 21.1 Å². The minimum Gasteiger partial charge on any atom is -0.482 e. The second-order valence-corrected chi connectivity index (χ2v) is 4.51. The van der Waals surface area contributed by atoms with Crippen molar-refractivity contribution in [1.82, 2.24) is 0 Å². The maximum atomic E-state index is 11.6. The van der Waals surface area contributed by atoms with Gasteiger partial charge in [0.25, 0.3) is 5.91 Å². The average Bonchev–Trinajstić information content (AvgIpc) is 2.37. The summed E-state index contributed by atoms with van der Waals surface area (Å²) in [5.74, 6) is 0.0913. The number of rotatable bonds is 4. The fraction of sp³-hybridized carbons (Fsp3) is 0.333. The van der Waals surface area contributed by atoms with E-state index in [-0.39, 0.29) is 18.4 Å². The molecule has 1 aliphatic heterocycles. The summed E-state index contributed by atoms with van der Waals surface area (Å²) in [4.78, 5) is 22.8. The number of carbonyl (C=O) groups excluding carboxylic acids is 2. The number of halogens is 1. The van der Waals surface area contributed by atoms with Gasteiger partial charge in [-0.05, 0) is 19.0 Å². The number of hydrogen-bond acceptors (Lipinski definition) is 4. The van der Waals surface area contributed by atoms with Gasteiger partial charge < -0.3 is 21.1 Å². The Kier molecular flexibility index (Phi) is 4.24. The van der Waals surface area contributed by atoms with Gasteiger partial charge in [-0.25, -0.2) is 0 Å². The lowest BCUT2D eigenvalue weighted by molar-refractivity contribution is -0.118. The molecule has 0 aliphatic carbocycles. The summed E-state index contributed by atoms with van der Waals surface area (Å²) in [7, 11) is 0. The molecule has 0 unspecified atom stereocenters. The number of hydrogen-bond donors (Lipinski definition) is 3. The van der Waals surface area contributed by atoms with Crippen LogP contribution in [0.15, 0.2) is 12.1 Å². The fourth-order valence-electron chi connectivity index (χ4n) is 1.67. The van der Waals surface area contributed by atoms with Crippen LogP contribution in [0.5, 0.6) is 5.75 Å². The predicted molar refractivity (Wildman–Crippen MR) is 72.5 cm³/mol. The zero-order chi connectivity index (χ0) is 13.8. The van der Waals surface area contributed by atoms with Crippen molar-refractivity contribution in [2.75, 3.05) is 23.8 Å². The first-order valence-electron chi connectivity index (χ1n) is 5.86. The molecule has 1 aliphatic rings. The van der Waals surface area contributed by atoms with Crippen LogP contribution in [0.2, 0.25) is 5.02 Å². The van der Waals surface area contributed by atoms with E-state index in [0.717, 1.165) is 0 Å². The van der Waals surface area contributed by atoms with E-state index in [2.05, 4.69) is 10.6 Å². The second-order valence-electron chi connectivity index (χ2n) is 4.11. The number of fused-ring (bicyclic) bond motifs is 1. The largest absolute Gasteiger partial charge is 0.482 e. The predicted octanol–water partition coefficient (Wildman–Crippen LogP) is 1.35. The molecule has 0 saturated carbocycles. The third-order valence-electron chi connectivity index (χ3n) is 2.58. The summed E-state index contributed by atoms with van der Waals surface area (Å²) >= 11 is 6.04. The van der Waals surface area contributed by atoms with Crippen molar-refractivity contribution in [3.05, 3.63) is 17.2 Å². The third kappa shape index (κ3) is 3.36.